The second-order valence-electron chi connectivity index (χ2n) is 20.0. The van der Waals surface area contributed by atoms with E-state index < -0.39 is 0 Å². The lowest BCUT2D eigenvalue weighted by Crippen LogP contribution is -2.14. The number of benzene rings is 12. The number of thiophene rings is 1. The molecule has 5 nitrogen and oxygen atoms in total. The number of hydrogen-bond acceptors (Lipinski definition) is 5. The summed E-state index contributed by atoms with van der Waals surface area (Å²) in [5.74, 6) is 0. The molecule has 16 aromatic rings. The average Bonchev–Trinajstić information content (AvgIpc) is 4.43. The van der Waals surface area contributed by atoms with Gasteiger partial charge in [0.15, 0.2) is 0 Å². The number of fused-ring (bicyclic) bond motifs is 13. The Balaban J connectivity index is 1.03. The maximum absolute atomic E-state index is 7.25. The zero-order chi connectivity index (χ0) is 51.3. The number of para-hydroxylation sites is 5. The highest BCUT2D eigenvalue weighted by Crippen LogP contribution is 2.51. The lowest BCUT2D eigenvalue weighted by molar-refractivity contribution is 0.669. The summed E-state index contributed by atoms with van der Waals surface area (Å²) in [7, 11) is 0. The van der Waals surface area contributed by atoms with Crippen molar-refractivity contribution in [2.24, 2.45) is 0 Å². The van der Waals surface area contributed by atoms with Crippen molar-refractivity contribution in [1.82, 2.24) is 4.57 Å². The number of aromatic nitrogens is 1. The number of anilines is 6. The molecule has 4 heterocycles. The molecule has 366 valence electrons. The molecule has 0 radical (unpaired) electrons. The molecule has 0 amide bonds. The largest absolute Gasteiger partial charge is 0.456 e. The standard InChI is InChI=1S/C72H45N3O2S/c1-4-19-46(20-5-1)47-35-37-51(38-36-47)73(49-21-6-2-7-22-49)53-41-48(60-45-61-55-25-10-14-29-62(55)75(50-23-8-3-9-24-50)71(61)70-58-27-12-16-32-65(58)77-72(60)70)42-54(43-53)74(52-39-40-57-56-26-11-15-31-64(56)76-66(57)44-52)63-30-18-34-68-69(63)59-28-13-17-33-67(59)78-68/h1-45H. The molecule has 6 heteroatoms. The van der Waals surface area contributed by atoms with E-state index in [4.69, 9.17) is 8.83 Å². The lowest BCUT2D eigenvalue weighted by atomic mass is 9.96. The lowest BCUT2D eigenvalue weighted by Gasteiger charge is -2.31. The highest BCUT2D eigenvalue weighted by atomic mass is 32.1. The van der Waals surface area contributed by atoms with Gasteiger partial charge >= 0.3 is 0 Å². The number of hydrogen-bond donors (Lipinski definition) is 0. The molecular formula is C72H45N3O2S. The molecule has 0 saturated heterocycles. The minimum absolute atomic E-state index is 0.825. The van der Waals surface area contributed by atoms with Gasteiger partial charge < -0.3 is 23.2 Å². The predicted molar refractivity (Wildman–Crippen MR) is 328 cm³/mol. The molecule has 4 aromatic heterocycles. The number of furan rings is 2. The van der Waals surface area contributed by atoms with Crippen LogP contribution in [0, 0.1) is 0 Å². The van der Waals surface area contributed by atoms with Crippen molar-refractivity contribution in [3.05, 3.63) is 273 Å². The Kier molecular flexibility index (Phi) is 10.0. The van der Waals surface area contributed by atoms with Crippen molar-refractivity contribution in [1.29, 1.82) is 0 Å². The molecule has 12 aromatic carbocycles. The predicted octanol–water partition coefficient (Wildman–Crippen LogP) is 21.2. The fourth-order valence-electron chi connectivity index (χ4n) is 12.1. The first-order valence-corrected chi connectivity index (χ1v) is 27.2. The first kappa shape index (κ1) is 44.2. The zero-order valence-corrected chi connectivity index (χ0v) is 42.9. The van der Waals surface area contributed by atoms with Crippen molar-refractivity contribution >= 4 is 131 Å². The Morgan fingerprint density at radius 2 is 0.910 bits per heavy atom. The Labute approximate surface area is 452 Å². The van der Waals surface area contributed by atoms with Crippen LogP contribution in [-0.2, 0) is 0 Å². The fraction of sp³-hybridized carbons (Fsp3) is 0. The molecule has 16 rings (SSSR count). The number of rotatable bonds is 9. The Morgan fingerprint density at radius 1 is 0.321 bits per heavy atom. The van der Waals surface area contributed by atoms with Gasteiger partial charge in [-0.05, 0) is 126 Å². The topological polar surface area (TPSA) is 37.7 Å². The quantitative estimate of drug-likeness (QED) is 0.144. The summed E-state index contributed by atoms with van der Waals surface area (Å²) in [6.07, 6.45) is 0. The van der Waals surface area contributed by atoms with Crippen LogP contribution in [-0.4, -0.2) is 4.57 Å². The van der Waals surface area contributed by atoms with E-state index in [0.29, 0.717) is 0 Å². The summed E-state index contributed by atoms with van der Waals surface area (Å²) in [5, 5.41) is 9.04. The molecule has 0 spiro atoms. The van der Waals surface area contributed by atoms with Crippen LogP contribution >= 0.6 is 11.3 Å². The van der Waals surface area contributed by atoms with E-state index in [2.05, 4.69) is 281 Å². The molecular weight excluding hydrogens is 971 g/mol. The molecule has 0 fully saturated rings. The van der Waals surface area contributed by atoms with Gasteiger partial charge in [-0.1, -0.05) is 158 Å². The zero-order valence-electron chi connectivity index (χ0n) is 42.0. The van der Waals surface area contributed by atoms with Gasteiger partial charge in [-0.15, -0.1) is 11.3 Å². The van der Waals surface area contributed by atoms with Crippen LogP contribution in [0.3, 0.4) is 0 Å². The van der Waals surface area contributed by atoms with Crippen LogP contribution in [0.1, 0.15) is 0 Å². The molecule has 0 aliphatic carbocycles. The molecule has 0 unspecified atom stereocenters. The van der Waals surface area contributed by atoms with Gasteiger partial charge in [0, 0.05) is 92.9 Å². The van der Waals surface area contributed by atoms with Crippen molar-refractivity contribution in [3.8, 4) is 27.9 Å². The van der Waals surface area contributed by atoms with Gasteiger partial charge in [-0.25, -0.2) is 0 Å². The molecule has 0 bridgehead atoms. The summed E-state index contributed by atoms with van der Waals surface area (Å²) >= 11 is 1.83. The van der Waals surface area contributed by atoms with E-state index in [0.717, 1.165) is 117 Å². The summed E-state index contributed by atoms with van der Waals surface area (Å²) < 4.78 is 18.8. The van der Waals surface area contributed by atoms with E-state index in [9.17, 15) is 0 Å². The second kappa shape index (κ2) is 17.7. The van der Waals surface area contributed by atoms with Gasteiger partial charge in [0.05, 0.1) is 22.1 Å². The van der Waals surface area contributed by atoms with Crippen LogP contribution < -0.4 is 9.80 Å². The average molecular weight is 1020 g/mol. The number of nitrogens with zero attached hydrogens (tertiary/aromatic N) is 3. The third-order valence-electron chi connectivity index (χ3n) is 15.5. The Morgan fingerprint density at radius 3 is 1.71 bits per heavy atom. The maximum Gasteiger partial charge on any atom is 0.145 e. The minimum Gasteiger partial charge on any atom is -0.456 e. The van der Waals surface area contributed by atoms with E-state index >= 15 is 0 Å². The normalized spacial score (nSPS) is 11.8. The fourth-order valence-corrected chi connectivity index (χ4v) is 13.2. The van der Waals surface area contributed by atoms with Crippen molar-refractivity contribution in [2.75, 3.05) is 9.80 Å². The summed E-state index contributed by atoms with van der Waals surface area (Å²) in [4.78, 5) is 4.83. The summed E-state index contributed by atoms with van der Waals surface area (Å²) in [6, 6.07) is 98.2. The Bertz CT molecular complexity index is 4980. The highest BCUT2D eigenvalue weighted by Gasteiger charge is 2.27. The van der Waals surface area contributed by atoms with E-state index in [1.165, 1.54) is 31.1 Å². The summed E-state index contributed by atoms with van der Waals surface area (Å²) in [6.45, 7) is 0. The van der Waals surface area contributed by atoms with Gasteiger partial charge in [-0.3, -0.25) is 0 Å². The van der Waals surface area contributed by atoms with Crippen LogP contribution in [0.15, 0.2) is 282 Å². The Hall–Kier alpha value is -10.1. The van der Waals surface area contributed by atoms with Crippen LogP contribution in [0.5, 0.6) is 0 Å². The SMILES string of the molecule is c1ccc(-c2ccc(N(c3ccccc3)c3cc(-c4cc5c6ccccc6n(-c6ccccc6)c5c5c4oc4ccccc45)cc(N(c4ccc5c(c4)oc4ccccc45)c4cccc5sc6ccccc6c45)c3)cc2)cc1. The van der Waals surface area contributed by atoms with Crippen LogP contribution in [0.25, 0.3) is 114 Å². The first-order chi connectivity index (χ1) is 38.7. The van der Waals surface area contributed by atoms with Gasteiger partial charge in [0.2, 0.25) is 0 Å². The molecule has 0 aliphatic heterocycles. The minimum atomic E-state index is 0.825. The third-order valence-corrected chi connectivity index (χ3v) is 16.6. The molecule has 0 aliphatic rings. The van der Waals surface area contributed by atoms with Crippen LogP contribution in [0.4, 0.5) is 34.1 Å². The highest BCUT2D eigenvalue weighted by molar-refractivity contribution is 7.26. The molecule has 0 saturated carbocycles. The molecule has 78 heavy (non-hydrogen) atoms. The first-order valence-electron chi connectivity index (χ1n) is 26.4. The van der Waals surface area contributed by atoms with E-state index in [1.54, 1.807) is 0 Å². The maximum atomic E-state index is 7.25. The van der Waals surface area contributed by atoms with Crippen LogP contribution in [0.2, 0.25) is 0 Å². The second-order valence-corrected chi connectivity index (χ2v) is 21.1. The van der Waals surface area contributed by atoms with Gasteiger partial charge in [0.1, 0.15) is 22.3 Å². The third kappa shape index (κ3) is 7.01. The monoisotopic (exact) mass is 1020 g/mol. The molecule has 0 atom stereocenters. The molecule has 0 N–H and O–H groups in total. The van der Waals surface area contributed by atoms with Gasteiger partial charge in [0.25, 0.3) is 0 Å². The summed E-state index contributed by atoms with van der Waals surface area (Å²) in [5.41, 5.74) is 17.1. The van der Waals surface area contributed by atoms with Gasteiger partial charge in [-0.2, -0.15) is 0 Å². The van der Waals surface area contributed by atoms with Crippen molar-refractivity contribution in [3.63, 3.8) is 0 Å². The smallest absolute Gasteiger partial charge is 0.145 e. The van der Waals surface area contributed by atoms with E-state index in [1.807, 2.05) is 17.4 Å². The van der Waals surface area contributed by atoms with Crippen molar-refractivity contribution < 1.29 is 8.83 Å². The van der Waals surface area contributed by atoms with Crippen molar-refractivity contribution in [2.45, 2.75) is 0 Å². The van der Waals surface area contributed by atoms with E-state index in [-0.39, 0.29) is 0 Å².